The molecular weight excluding hydrogens is 324 g/mol. The number of carboxylic acid groups (broad SMARTS) is 1. The van der Waals surface area contributed by atoms with Crippen molar-refractivity contribution >= 4 is 5.97 Å². The van der Waals surface area contributed by atoms with Crippen LogP contribution in [0.5, 0.6) is 0 Å². The third-order valence-corrected chi connectivity index (χ3v) is 4.91. The highest BCUT2D eigenvalue weighted by Crippen LogP contribution is 2.22. The minimum Gasteiger partial charge on any atom is -0.477 e. The van der Waals surface area contributed by atoms with E-state index in [1.807, 2.05) is 6.92 Å². The SMILES string of the molecule is CCn1c(CC2CCN(Cc3cn[nH]c3C(=O)O)CC2)nn(C)c1=O. The topological polar surface area (TPSA) is 109 Å². The number of H-pyrrole nitrogens is 1. The number of nitrogens with zero attached hydrogens (tertiary/aromatic N) is 5. The molecule has 136 valence electrons. The third kappa shape index (κ3) is 3.65. The third-order valence-electron chi connectivity index (χ3n) is 4.91. The Balaban J connectivity index is 1.57. The fourth-order valence-electron chi connectivity index (χ4n) is 3.49. The summed E-state index contributed by atoms with van der Waals surface area (Å²) in [6, 6.07) is 0. The van der Waals surface area contributed by atoms with Crippen molar-refractivity contribution in [2.75, 3.05) is 13.1 Å². The lowest BCUT2D eigenvalue weighted by Crippen LogP contribution is -2.34. The van der Waals surface area contributed by atoms with Crippen LogP contribution in [0.4, 0.5) is 0 Å². The van der Waals surface area contributed by atoms with Gasteiger partial charge in [0.1, 0.15) is 11.5 Å². The molecule has 1 aliphatic rings. The Bertz CT molecular complexity index is 797. The van der Waals surface area contributed by atoms with Gasteiger partial charge in [0, 0.05) is 32.1 Å². The highest BCUT2D eigenvalue weighted by Gasteiger charge is 2.24. The number of hydrogen-bond donors (Lipinski definition) is 2. The number of carboxylic acids is 1. The molecule has 0 bridgehead atoms. The molecule has 0 atom stereocenters. The summed E-state index contributed by atoms with van der Waals surface area (Å²) < 4.78 is 3.14. The van der Waals surface area contributed by atoms with Crippen LogP contribution in [0.2, 0.25) is 0 Å². The first-order chi connectivity index (χ1) is 12.0. The van der Waals surface area contributed by atoms with Gasteiger partial charge < -0.3 is 5.11 Å². The number of aromatic carboxylic acids is 1. The zero-order valence-electron chi connectivity index (χ0n) is 14.6. The number of likely N-dealkylation sites (tertiary alicyclic amines) is 1. The van der Waals surface area contributed by atoms with Crippen LogP contribution in [0.1, 0.15) is 41.6 Å². The maximum Gasteiger partial charge on any atom is 0.354 e. The van der Waals surface area contributed by atoms with Gasteiger partial charge in [-0.2, -0.15) is 10.2 Å². The van der Waals surface area contributed by atoms with Gasteiger partial charge in [0.15, 0.2) is 0 Å². The van der Waals surface area contributed by atoms with Crippen LogP contribution in [0.3, 0.4) is 0 Å². The van der Waals surface area contributed by atoms with E-state index in [0.29, 0.717) is 19.0 Å². The van der Waals surface area contributed by atoms with Crippen molar-refractivity contribution < 1.29 is 9.90 Å². The summed E-state index contributed by atoms with van der Waals surface area (Å²) in [7, 11) is 1.69. The Hall–Kier alpha value is -2.42. The molecule has 2 aromatic heterocycles. The second kappa shape index (κ2) is 7.22. The molecule has 25 heavy (non-hydrogen) atoms. The zero-order valence-corrected chi connectivity index (χ0v) is 14.6. The summed E-state index contributed by atoms with van der Waals surface area (Å²) in [5.41, 5.74) is 0.828. The monoisotopic (exact) mass is 348 g/mol. The minimum atomic E-state index is -0.977. The Morgan fingerprint density at radius 2 is 2.12 bits per heavy atom. The number of aromatic nitrogens is 5. The lowest BCUT2D eigenvalue weighted by molar-refractivity contribution is 0.0687. The summed E-state index contributed by atoms with van der Waals surface area (Å²) in [6.07, 6.45) is 4.41. The molecule has 3 heterocycles. The molecule has 0 unspecified atom stereocenters. The molecule has 0 amide bonds. The molecule has 2 N–H and O–H groups in total. The smallest absolute Gasteiger partial charge is 0.354 e. The van der Waals surface area contributed by atoms with Crippen LogP contribution in [0.25, 0.3) is 0 Å². The van der Waals surface area contributed by atoms with Crippen LogP contribution in [-0.2, 0) is 26.6 Å². The Labute approximate surface area is 145 Å². The Kier molecular flexibility index (Phi) is 5.03. The first kappa shape index (κ1) is 17.4. The fraction of sp³-hybridized carbons (Fsp3) is 0.625. The highest BCUT2D eigenvalue weighted by molar-refractivity contribution is 5.86. The summed E-state index contributed by atoms with van der Waals surface area (Å²) in [6.45, 7) is 4.99. The summed E-state index contributed by atoms with van der Waals surface area (Å²) in [5.74, 6) is 0.373. The predicted octanol–water partition coefficient (Wildman–Crippen LogP) is 0.478. The lowest BCUT2D eigenvalue weighted by atomic mass is 9.93. The van der Waals surface area contributed by atoms with Gasteiger partial charge in [-0.3, -0.25) is 14.6 Å². The maximum atomic E-state index is 12.0. The standard InChI is InChI=1S/C16H24N6O3/c1-3-22-13(19-20(2)16(22)25)8-11-4-6-21(7-5-11)10-12-9-17-18-14(12)15(23)24/h9,11H,3-8,10H2,1-2H3,(H,17,18)(H,23,24). The molecule has 0 radical (unpaired) electrons. The van der Waals surface area contributed by atoms with Crippen LogP contribution < -0.4 is 5.69 Å². The lowest BCUT2D eigenvalue weighted by Gasteiger charge is -2.31. The second-order valence-electron chi connectivity index (χ2n) is 6.57. The van der Waals surface area contributed by atoms with E-state index in [0.717, 1.165) is 43.7 Å². The number of hydrogen-bond acceptors (Lipinski definition) is 5. The maximum absolute atomic E-state index is 12.0. The molecule has 1 fully saturated rings. The summed E-state index contributed by atoms with van der Waals surface area (Å²) in [4.78, 5) is 25.4. The number of aromatic amines is 1. The fourth-order valence-corrected chi connectivity index (χ4v) is 3.49. The van der Waals surface area contributed by atoms with E-state index >= 15 is 0 Å². The van der Waals surface area contributed by atoms with E-state index in [9.17, 15) is 9.59 Å². The van der Waals surface area contributed by atoms with Gasteiger partial charge in [0.05, 0.1) is 6.20 Å². The molecule has 9 nitrogen and oxygen atoms in total. The van der Waals surface area contributed by atoms with Gasteiger partial charge in [0.25, 0.3) is 0 Å². The average Bonchev–Trinajstić information content (AvgIpc) is 3.15. The number of carbonyl (C=O) groups is 1. The number of aryl methyl sites for hydroxylation is 1. The van der Waals surface area contributed by atoms with Crippen molar-refractivity contribution in [3.8, 4) is 0 Å². The van der Waals surface area contributed by atoms with Crippen LogP contribution in [0, 0.1) is 5.92 Å². The first-order valence-corrected chi connectivity index (χ1v) is 8.60. The molecule has 1 saturated heterocycles. The van der Waals surface area contributed by atoms with Crippen molar-refractivity contribution in [1.29, 1.82) is 0 Å². The Morgan fingerprint density at radius 3 is 2.76 bits per heavy atom. The molecule has 9 heteroatoms. The van der Waals surface area contributed by atoms with Gasteiger partial charge in [-0.25, -0.2) is 14.3 Å². The van der Waals surface area contributed by atoms with Crippen molar-refractivity contribution in [2.24, 2.45) is 13.0 Å². The van der Waals surface area contributed by atoms with Crippen LogP contribution in [0.15, 0.2) is 11.0 Å². The van der Waals surface area contributed by atoms with Crippen molar-refractivity contribution in [1.82, 2.24) is 29.4 Å². The molecule has 0 spiro atoms. The molecular formula is C16H24N6O3. The molecule has 0 aliphatic carbocycles. The van der Waals surface area contributed by atoms with Crippen molar-refractivity contribution in [3.05, 3.63) is 33.8 Å². The quantitative estimate of drug-likeness (QED) is 0.786. The molecule has 0 saturated carbocycles. The van der Waals surface area contributed by atoms with Gasteiger partial charge in [-0.15, -0.1) is 0 Å². The van der Waals surface area contributed by atoms with E-state index in [4.69, 9.17) is 5.11 Å². The van der Waals surface area contributed by atoms with E-state index in [1.165, 1.54) is 4.68 Å². The first-order valence-electron chi connectivity index (χ1n) is 8.60. The number of rotatable bonds is 6. The summed E-state index contributed by atoms with van der Waals surface area (Å²) in [5, 5.41) is 19.9. The van der Waals surface area contributed by atoms with E-state index in [2.05, 4.69) is 20.2 Å². The predicted molar refractivity (Wildman–Crippen MR) is 90.4 cm³/mol. The van der Waals surface area contributed by atoms with Crippen molar-refractivity contribution in [3.63, 3.8) is 0 Å². The largest absolute Gasteiger partial charge is 0.477 e. The zero-order chi connectivity index (χ0) is 18.0. The second-order valence-corrected chi connectivity index (χ2v) is 6.57. The molecule has 3 rings (SSSR count). The molecule has 2 aromatic rings. The summed E-state index contributed by atoms with van der Waals surface area (Å²) >= 11 is 0. The van der Waals surface area contributed by atoms with E-state index < -0.39 is 5.97 Å². The number of piperidine rings is 1. The van der Waals surface area contributed by atoms with Gasteiger partial charge in [-0.05, 0) is 38.8 Å². The molecule has 1 aliphatic heterocycles. The van der Waals surface area contributed by atoms with Crippen molar-refractivity contribution in [2.45, 2.75) is 39.3 Å². The highest BCUT2D eigenvalue weighted by atomic mass is 16.4. The normalized spacial score (nSPS) is 16.4. The van der Waals surface area contributed by atoms with Gasteiger partial charge in [0.2, 0.25) is 0 Å². The van der Waals surface area contributed by atoms with E-state index in [-0.39, 0.29) is 11.4 Å². The van der Waals surface area contributed by atoms with Crippen LogP contribution >= 0.6 is 0 Å². The van der Waals surface area contributed by atoms with Crippen LogP contribution in [-0.4, -0.2) is 53.6 Å². The molecule has 0 aromatic carbocycles. The average molecular weight is 348 g/mol. The van der Waals surface area contributed by atoms with E-state index in [1.54, 1.807) is 17.8 Å². The van der Waals surface area contributed by atoms with Gasteiger partial charge in [-0.1, -0.05) is 0 Å². The number of nitrogens with one attached hydrogen (secondary N) is 1. The Morgan fingerprint density at radius 1 is 1.40 bits per heavy atom. The van der Waals surface area contributed by atoms with Gasteiger partial charge >= 0.3 is 11.7 Å². The minimum absolute atomic E-state index is 0.0592.